The first-order chi connectivity index (χ1) is 5.00. The Hall–Kier alpha value is -1.18. The van der Waals surface area contributed by atoms with E-state index >= 15 is 0 Å². The van der Waals surface area contributed by atoms with Gasteiger partial charge in [-0.1, -0.05) is 0 Å². The quantitative estimate of drug-likeness (QED) is 0.374. The van der Waals surface area contributed by atoms with Crippen LogP contribution in [-0.2, 0) is 14.3 Å². The first-order valence-electron chi connectivity index (χ1n) is 2.67. The Labute approximate surface area is 68.2 Å². The van der Waals surface area contributed by atoms with Crippen molar-refractivity contribution in [2.75, 3.05) is 7.11 Å². The molecule has 0 saturated carbocycles. The summed E-state index contributed by atoms with van der Waals surface area (Å²) in [5.41, 5.74) is 0. The number of carbonyl (C=O) groups is 2. The van der Waals surface area contributed by atoms with E-state index in [4.69, 9.17) is 15.3 Å². The van der Waals surface area contributed by atoms with Crippen LogP contribution in [0.15, 0.2) is 0 Å². The second-order valence-electron chi connectivity index (χ2n) is 1.75. The van der Waals surface area contributed by atoms with E-state index in [2.05, 4.69) is 4.74 Å². The number of aliphatic hydroxyl groups is 2. The summed E-state index contributed by atoms with van der Waals surface area (Å²) < 4.78 is 3.97. The highest BCUT2D eigenvalue weighted by Crippen LogP contribution is 1.95. The standard InChI is InChI=1S/C5H8O6.H3N/c1-11-5(10)3(7)2(6)4(8)9;/h2-3,6-7H,1H3,(H,8,9);1H3. The number of ether oxygens (including phenoxy) is 1. The molecule has 0 aromatic heterocycles. The number of aliphatic hydroxyl groups excluding tert-OH is 2. The molecule has 72 valence electrons. The molecule has 0 radical (unpaired) electrons. The maximum Gasteiger partial charge on any atom is 0.338 e. The topological polar surface area (TPSA) is 139 Å². The van der Waals surface area contributed by atoms with Crippen LogP contribution in [0.25, 0.3) is 0 Å². The van der Waals surface area contributed by atoms with Crippen LogP contribution in [0.2, 0.25) is 0 Å². The molecule has 0 aromatic carbocycles. The van der Waals surface area contributed by atoms with Gasteiger partial charge in [-0.05, 0) is 0 Å². The Bertz CT molecular complexity index is 169. The Morgan fingerprint density at radius 1 is 1.25 bits per heavy atom. The fourth-order valence-electron chi connectivity index (χ4n) is 0.385. The van der Waals surface area contributed by atoms with E-state index in [9.17, 15) is 9.59 Å². The van der Waals surface area contributed by atoms with Crippen molar-refractivity contribution in [2.45, 2.75) is 12.2 Å². The predicted octanol–water partition coefficient (Wildman–Crippen LogP) is -1.87. The Kier molecular flexibility index (Phi) is 6.11. The number of rotatable bonds is 3. The summed E-state index contributed by atoms with van der Waals surface area (Å²) >= 11 is 0. The number of carboxylic acid groups (broad SMARTS) is 1. The number of carbonyl (C=O) groups excluding carboxylic acids is 1. The normalized spacial score (nSPS) is 13.9. The van der Waals surface area contributed by atoms with Crippen LogP contribution in [0.5, 0.6) is 0 Å². The Morgan fingerprint density at radius 3 is 1.92 bits per heavy atom. The van der Waals surface area contributed by atoms with Crippen molar-refractivity contribution in [2.24, 2.45) is 0 Å². The van der Waals surface area contributed by atoms with Gasteiger partial charge in [0.05, 0.1) is 7.11 Å². The van der Waals surface area contributed by atoms with E-state index in [1.165, 1.54) is 0 Å². The predicted molar refractivity (Wildman–Crippen MR) is 36.7 cm³/mol. The van der Waals surface area contributed by atoms with E-state index in [0.29, 0.717) is 0 Å². The lowest BCUT2D eigenvalue weighted by molar-refractivity contribution is -0.167. The third-order valence-electron chi connectivity index (χ3n) is 0.995. The van der Waals surface area contributed by atoms with Crippen LogP contribution in [0, 0.1) is 0 Å². The summed E-state index contributed by atoms with van der Waals surface area (Å²) in [6.07, 6.45) is -4.17. The van der Waals surface area contributed by atoms with Gasteiger partial charge in [0.1, 0.15) is 0 Å². The van der Waals surface area contributed by atoms with Gasteiger partial charge < -0.3 is 26.2 Å². The lowest BCUT2D eigenvalue weighted by atomic mass is 10.2. The van der Waals surface area contributed by atoms with Gasteiger partial charge in [-0.15, -0.1) is 0 Å². The minimum Gasteiger partial charge on any atom is -0.479 e. The summed E-state index contributed by atoms with van der Waals surface area (Å²) in [5, 5.41) is 25.3. The number of hydrogen-bond acceptors (Lipinski definition) is 6. The largest absolute Gasteiger partial charge is 0.479 e. The average molecular weight is 181 g/mol. The fourth-order valence-corrected chi connectivity index (χ4v) is 0.385. The van der Waals surface area contributed by atoms with E-state index in [0.717, 1.165) is 7.11 Å². The van der Waals surface area contributed by atoms with Crippen molar-refractivity contribution in [1.82, 2.24) is 6.15 Å². The molecule has 0 amide bonds. The molecule has 0 fully saturated rings. The number of carboxylic acids is 1. The molecule has 0 aliphatic heterocycles. The Morgan fingerprint density at radius 2 is 1.67 bits per heavy atom. The third kappa shape index (κ3) is 3.28. The molecule has 0 spiro atoms. The molecule has 0 heterocycles. The van der Waals surface area contributed by atoms with Crippen molar-refractivity contribution in [1.29, 1.82) is 0 Å². The van der Waals surface area contributed by atoms with Gasteiger partial charge in [0.25, 0.3) is 0 Å². The second kappa shape index (κ2) is 5.47. The molecular weight excluding hydrogens is 170 g/mol. The Balaban J connectivity index is 0. The number of esters is 1. The van der Waals surface area contributed by atoms with Crippen LogP contribution in [0.1, 0.15) is 0 Å². The summed E-state index contributed by atoms with van der Waals surface area (Å²) in [6, 6.07) is 0. The zero-order valence-electron chi connectivity index (χ0n) is 6.43. The molecule has 0 aromatic rings. The number of aliphatic carboxylic acids is 1. The zero-order valence-corrected chi connectivity index (χ0v) is 6.43. The maximum atomic E-state index is 10.4. The van der Waals surface area contributed by atoms with Crippen molar-refractivity contribution in [3.05, 3.63) is 0 Å². The van der Waals surface area contributed by atoms with Crippen LogP contribution in [0.3, 0.4) is 0 Å². The molecule has 0 aliphatic rings. The summed E-state index contributed by atoms with van der Waals surface area (Å²) in [6.45, 7) is 0. The summed E-state index contributed by atoms with van der Waals surface area (Å²) in [4.78, 5) is 20.3. The van der Waals surface area contributed by atoms with Gasteiger partial charge in [-0.2, -0.15) is 0 Å². The molecule has 7 nitrogen and oxygen atoms in total. The second-order valence-corrected chi connectivity index (χ2v) is 1.75. The van der Waals surface area contributed by atoms with Gasteiger partial charge >= 0.3 is 11.9 Å². The molecule has 12 heavy (non-hydrogen) atoms. The van der Waals surface area contributed by atoms with E-state index in [-0.39, 0.29) is 6.15 Å². The van der Waals surface area contributed by atoms with Crippen LogP contribution >= 0.6 is 0 Å². The monoisotopic (exact) mass is 181 g/mol. The molecule has 0 bridgehead atoms. The highest BCUT2D eigenvalue weighted by Gasteiger charge is 2.30. The molecule has 0 saturated heterocycles. The summed E-state index contributed by atoms with van der Waals surface area (Å²) in [5.74, 6) is -2.86. The fraction of sp³-hybridized carbons (Fsp3) is 0.600. The van der Waals surface area contributed by atoms with Crippen molar-refractivity contribution in [3.63, 3.8) is 0 Å². The van der Waals surface area contributed by atoms with Gasteiger partial charge in [0.2, 0.25) is 0 Å². The molecule has 2 atom stereocenters. The minimum atomic E-state index is -2.14. The van der Waals surface area contributed by atoms with Gasteiger partial charge in [-0.3, -0.25) is 0 Å². The maximum absolute atomic E-state index is 10.4. The molecule has 0 rings (SSSR count). The first kappa shape index (κ1) is 13.4. The van der Waals surface area contributed by atoms with Crippen molar-refractivity contribution < 1.29 is 29.6 Å². The highest BCUT2D eigenvalue weighted by molar-refractivity contribution is 5.84. The van der Waals surface area contributed by atoms with Gasteiger partial charge in [-0.25, -0.2) is 9.59 Å². The van der Waals surface area contributed by atoms with Crippen LogP contribution in [0.4, 0.5) is 0 Å². The van der Waals surface area contributed by atoms with Crippen molar-refractivity contribution >= 4 is 11.9 Å². The van der Waals surface area contributed by atoms with Gasteiger partial charge in [0, 0.05) is 0 Å². The van der Waals surface area contributed by atoms with Crippen LogP contribution in [-0.4, -0.2) is 46.6 Å². The average Bonchev–Trinajstić information content (AvgIpc) is 2.00. The minimum absolute atomic E-state index is 0. The molecule has 0 aliphatic carbocycles. The zero-order chi connectivity index (χ0) is 9.02. The molecule has 6 N–H and O–H groups in total. The van der Waals surface area contributed by atoms with E-state index in [1.807, 2.05) is 0 Å². The highest BCUT2D eigenvalue weighted by atomic mass is 16.5. The lowest BCUT2D eigenvalue weighted by Gasteiger charge is -2.10. The molecular formula is C5H11NO6. The number of hydrogen-bond donors (Lipinski definition) is 4. The third-order valence-corrected chi connectivity index (χ3v) is 0.995. The van der Waals surface area contributed by atoms with Gasteiger partial charge in [0.15, 0.2) is 12.2 Å². The summed E-state index contributed by atoms with van der Waals surface area (Å²) in [7, 11) is 0.972. The van der Waals surface area contributed by atoms with Crippen LogP contribution < -0.4 is 6.15 Å². The molecule has 2 unspecified atom stereocenters. The smallest absolute Gasteiger partial charge is 0.338 e. The molecule has 7 heteroatoms. The first-order valence-corrected chi connectivity index (χ1v) is 2.67. The van der Waals surface area contributed by atoms with E-state index < -0.39 is 24.1 Å². The lowest BCUT2D eigenvalue weighted by Crippen LogP contribution is -2.40. The van der Waals surface area contributed by atoms with Crippen molar-refractivity contribution in [3.8, 4) is 0 Å². The number of methoxy groups -OCH3 is 1. The SMILES string of the molecule is COC(=O)C(O)C(O)C(=O)O.N. The van der Waals surface area contributed by atoms with E-state index in [1.54, 1.807) is 0 Å².